The van der Waals surface area contributed by atoms with Gasteiger partial charge in [-0.05, 0) is 31.6 Å². The van der Waals surface area contributed by atoms with E-state index in [9.17, 15) is 43.2 Å². The van der Waals surface area contributed by atoms with Crippen LogP contribution < -0.4 is 0 Å². The van der Waals surface area contributed by atoms with Gasteiger partial charge >= 0.3 is 39.5 Å². The molecule has 0 saturated heterocycles. The maximum absolute atomic E-state index is 13.0. The van der Waals surface area contributed by atoms with Crippen molar-refractivity contribution in [3.8, 4) is 0 Å². The van der Waals surface area contributed by atoms with Crippen molar-refractivity contribution in [3.05, 3.63) is 0 Å². The van der Waals surface area contributed by atoms with Crippen molar-refractivity contribution in [3.63, 3.8) is 0 Å². The zero-order chi connectivity index (χ0) is 67.0. The summed E-state index contributed by atoms with van der Waals surface area (Å²) in [6, 6.07) is 0. The molecule has 0 amide bonds. The van der Waals surface area contributed by atoms with Gasteiger partial charge in [0.1, 0.15) is 19.3 Å². The van der Waals surface area contributed by atoms with Crippen LogP contribution in [0.1, 0.15) is 375 Å². The number of unbranched alkanes of at least 4 members (excludes halogenated alkanes) is 44. The molecule has 0 aliphatic carbocycles. The van der Waals surface area contributed by atoms with Crippen molar-refractivity contribution in [2.45, 2.75) is 393 Å². The molecule has 5 atom stereocenters. The van der Waals surface area contributed by atoms with Crippen LogP contribution in [0.25, 0.3) is 0 Å². The van der Waals surface area contributed by atoms with E-state index in [4.69, 9.17) is 37.0 Å². The SMILES string of the molecule is CCCCCCCCCCCCCCCC(=O)OC[C@H](COP(=O)(O)OC[C@@H](O)COP(=O)(O)OC[C@@H](COC(=O)CCCCCCCCC)OC(=O)CCCCCCCCCCCCCCC)OC(=O)CCCCCCCCCCCCCCCCCC(C)C. The summed E-state index contributed by atoms with van der Waals surface area (Å²) in [4.78, 5) is 72.5. The molecule has 0 aromatic heterocycles. The van der Waals surface area contributed by atoms with Crippen molar-refractivity contribution in [2.75, 3.05) is 39.6 Å². The van der Waals surface area contributed by atoms with Crippen molar-refractivity contribution < 1.29 is 80.2 Å². The minimum Gasteiger partial charge on any atom is -0.462 e. The molecule has 91 heavy (non-hydrogen) atoms. The van der Waals surface area contributed by atoms with E-state index in [-0.39, 0.29) is 25.7 Å². The van der Waals surface area contributed by atoms with Crippen LogP contribution in [-0.2, 0) is 65.4 Å². The number of aliphatic hydroxyl groups is 1. The van der Waals surface area contributed by atoms with Crippen molar-refractivity contribution in [1.29, 1.82) is 0 Å². The fourth-order valence-electron chi connectivity index (χ4n) is 11.0. The quantitative estimate of drug-likeness (QED) is 0.0222. The molecule has 0 aliphatic rings. The third kappa shape index (κ3) is 66.5. The standard InChI is InChI=1S/C72H140O17P2/c1-6-9-12-15-18-20-22-27-32-36-41-46-51-56-70(75)83-62-68(89-72(77)58-53-48-43-38-34-30-26-24-25-29-31-35-40-44-49-54-65(4)5)64-87-91(80,81)85-60-66(73)59-84-90(78,79)86-63-67(61-82-69(74)55-50-45-39-17-14-11-8-3)88-71(76)57-52-47-42-37-33-28-23-21-19-16-13-10-7-2/h65-68,73H,6-64H2,1-5H3,(H,78,79)(H,80,81)/t66-,67+,68+/m0/s1. The Kier molecular flexibility index (Phi) is 64.0. The molecule has 540 valence electrons. The van der Waals surface area contributed by atoms with Gasteiger partial charge in [0, 0.05) is 25.7 Å². The van der Waals surface area contributed by atoms with Crippen molar-refractivity contribution in [1.82, 2.24) is 0 Å². The highest BCUT2D eigenvalue weighted by Crippen LogP contribution is 2.45. The van der Waals surface area contributed by atoms with E-state index >= 15 is 0 Å². The second kappa shape index (κ2) is 65.4. The van der Waals surface area contributed by atoms with E-state index in [1.807, 2.05) is 0 Å². The average Bonchev–Trinajstić information content (AvgIpc) is 3.48. The van der Waals surface area contributed by atoms with Gasteiger partial charge in [-0.2, -0.15) is 0 Å². The summed E-state index contributed by atoms with van der Waals surface area (Å²) in [6.45, 7) is 7.26. The van der Waals surface area contributed by atoms with Gasteiger partial charge in [0.25, 0.3) is 0 Å². The Labute approximate surface area is 556 Å². The lowest BCUT2D eigenvalue weighted by Crippen LogP contribution is -2.30. The zero-order valence-electron chi connectivity index (χ0n) is 59.0. The first-order valence-electron chi connectivity index (χ1n) is 37.6. The third-order valence-corrected chi connectivity index (χ3v) is 18.7. The third-order valence-electron chi connectivity index (χ3n) is 16.8. The number of carbonyl (C=O) groups excluding carboxylic acids is 4. The van der Waals surface area contributed by atoms with Gasteiger partial charge in [-0.3, -0.25) is 37.3 Å². The van der Waals surface area contributed by atoms with Crippen LogP contribution in [0.4, 0.5) is 0 Å². The summed E-state index contributed by atoms with van der Waals surface area (Å²) in [5, 5.41) is 10.6. The fraction of sp³-hybridized carbons (Fsp3) is 0.944. The number of carbonyl (C=O) groups is 4. The Bertz CT molecular complexity index is 1750. The number of hydrogen-bond acceptors (Lipinski definition) is 15. The summed E-state index contributed by atoms with van der Waals surface area (Å²) in [6.07, 6.45) is 52.7. The predicted molar refractivity (Wildman–Crippen MR) is 368 cm³/mol. The van der Waals surface area contributed by atoms with E-state index in [1.165, 1.54) is 186 Å². The van der Waals surface area contributed by atoms with Crippen LogP contribution >= 0.6 is 15.6 Å². The molecule has 19 heteroatoms. The van der Waals surface area contributed by atoms with Gasteiger partial charge in [0.15, 0.2) is 12.2 Å². The van der Waals surface area contributed by atoms with Crippen LogP contribution in [0.5, 0.6) is 0 Å². The molecule has 0 heterocycles. The minimum atomic E-state index is -4.95. The number of aliphatic hydroxyl groups excluding tert-OH is 1. The Hall–Kier alpha value is -1.94. The smallest absolute Gasteiger partial charge is 0.462 e. The first kappa shape index (κ1) is 89.1. The van der Waals surface area contributed by atoms with E-state index in [2.05, 4.69) is 34.6 Å². The molecule has 17 nitrogen and oxygen atoms in total. The van der Waals surface area contributed by atoms with Gasteiger partial charge < -0.3 is 33.8 Å². The van der Waals surface area contributed by atoms with Gasteiger partial charge in [-0.15, -0.1) is 0 Å². The number of phosphoric acid groups is 2. The topological polar surface area (TPSA) is 237 Å². The van der Waals surface area contributed by atoms with Gasteiger partial charge in [-0.25, -0.2) is 9.13 Å². The second-order valence-electron chi connectivity index (χ2n) is 26.5. The lowest BCUT2D eigenvalue weighted by molar-refractivity contribution is -0.161. The lowest BCUT2D eigenvalue weighted by atomic mass is 10.0. The molecule has 0 spiro atoms. The number of esters is 4. The van der Waals surface area contributed by atoms with Crippen LogP contribution in [0.15, 0.2) is 0 Å². The maximum Gasteiger partial charge on any atom is 0.472 e. The maximum atomic E-state index is 13.0. The predicted octanol–water partition coefficient (Wildman–Crippen LogP) is 20.9. The molecule has 0 rings (SSSR count). The van der Waals surface area contributed by atoms with E-state index in [1.54, 1.807) is 0 Å². The normalized spacial score (nSPS) is 14.0. The molecule has 2 unspecified atom stereocenters. The summed E-state index contributed by atoms with van der Waals surface area (Å²) < 4.78 is 68.3. The van der Waals surface area contributed by atoms with Crippen molar-refractivity contribution in [2.24, 2.45) is 5.92 Å². The van der Waals surface area contributed by atoms with Gasteiger partial charge in [0.2, 0.25) is 0 Å². The molecule has 0 aliphatic heterocycles. The van der Waals surface area contributed by atoms with Crippen molar-refractivity contribution >= 4 is 39.5 Å². The molecule has 3 N–H and O–H groups in total. The molecule has 0 fully saturated rings. The molecule has 0 saturated carbocycles. The largest absolute Gasteiger partial charge is 0.472 e. The highest BCUT2D eigenvalue weighted by Gasteiger charge is 2.30. The Morgan fingerprint density at radius 3 is 0.747 bits per heavy atom. The van der Waals surface area contributed by atoms with Crippen LogP contribution in [0.2, 0.25) is 0 Å². The monoisotopic (exact) mass is 1340 g/mol. The summed E-state index contributed by atoms with van der Waals surface area (Å²) in [5.74, 6) is -1.32. The first-order chi connectivity index (χ1) is 44.0. The molecular weight excluding hydrogens is 1200 g/mol. The Morgan fingerprint density at radius 1 is 0.297 bits per heavy atom. The Balaban J connectivity index is 5.19. The molecule has 0 bridgehead atoms. The Morgan fingerprint density at radius 2 is 0.505 bits per heavy atom. The number of rotatable bonds is 72. The number of hydrogen-bond donors (Lipinski definition) is 3. The number of ether oxygens (including phenoxy) is 4. The second-order valence-corrected chi connectivity index (χ2v) is 29.4. The molecule has 0 radical (unpaired) electrons. The molecule has 0 aromatic carbocycles. The molecule has 0 aromatic rings. The van der Waals surface area contributed by atoms with Gasteiger partial charge in [0.05, 0.1) is 26.4 Å². The zero-order valence-corrected chi connectivity index (χ0v) is 60.8. The van der Waals surface area contributed by atoms with E-state index in [0.29, 0.717) is 25.7 Å². The first-order valence-corrected chi connectivity index (χ1v) is 40.6. The number of phosphoric ester groups is 2. The lowest BCUT2D eigenvalue weighted by Gasteiger charge is -2.21. The average molecular weight is 1340 g/mol. The van der Waals surface area contributed by atoms with Crippen LogP contribution in [-0.4, -0.2) is 96.7 Å². The summed E-state index contributed by atoms with van der Waals surface area (Å²) in [7, 11) is -9.90. The van der Waals surface area contributed by atoms with Crippen LogP contribution in [0.3, 0.4) is 0 Å². The minimum absolute atomic E-state index is 0.107. The highest BCUT2D eigenvalue weighted by molar-refractivity contribution is 7.47. The summed E-state index contributed by atoms with van der Waals surface area (Å²) in [5.41, 5.74) is 0. The van der Waals surface area contributed by atoms with Gasteiger partial charge in [-0.1, -0.05) is 324 Å². The fourth-order valence-corrected chi connectivity index (χ4v) is 12.6. The molecular formula is C72H140O17P2. The van der Waals surface area contributed by atoms with E-state index in [0.717, 1.165) is 109 Å². The highest BCUT2D eigenvalue weighted by atomic mass is 31.2. The summed E-state index contributed by atoms with van der Waals surface area (Å²) >= 11 is 0. The van der Waals surface area contributed by atoms with Crippen LogP contribution in [0, 0.1) is 5.92 Å². The van der Waals surface area contributed by atoms with E-state index < -0.39 is 97.5 Å².